The fourth-order valence-corrected chi connectivity index (χ4v) is 1.79. The molecule has 0 amide bonds. The first kappa shape index (κ1) is 8.56. The number of alkyl halides is 1. The van der Waals surface area contributed by atoms with Crippen molar-refractivity contribution >= 4 is 45.8 Å². The SMILES string of the molecule is ClCc1cc(I)cc(Cl)n1. The Morgan fingerprint density at radius 3 is 2.70 bits per heavy atom. The van der Waals surface area contributed by atoms with E-state index in [0.717, 1.165) is 9.26 Å². The Bertz CT molecular complexity index is 219. The molecule has 0 bridgehead atoms. The molecule has 10 heavy (non-hydrogen) atoms. The third-order valence-corrected chi connectivity index (χ3v) is 2.04. The van der Waals surface area contributed by atoms with Crippen molar-refractivity contribution in [2.75, 3.05) is 0 Å². The van der Waals surface area contributed by atoms with Crippen LogP contribution in [0.25, 0.3) is 0 Å². The van der Waals surface area contributed by atoms with Crippen molar-refractivity contribution in [3.05, 3.63) is 26.5 Å². The quantitative estimate of drug-likeness (QED) is 0.439. The highest BCUT2D eigenvalue weighted by atomic mass is 127. The van der Waals surface area contributed by atoms with Gasteiger partial charge in [-0.25, -0.2) is 4.98 Å². The summed E-state index contributed by atoms with van der Waals surface area (Å²) in [6.45, 7) is 0. The van der Waals surface area contributed by atoms with Gasteiger partial charge >= 0.3 is 0 Å². The van der Waals surface area contributed by atoms with E-state index in [1.165, 1.54) is 0 Å². The molecule has 0 spiro atoms. The van der Waals surface area contributed by atoms with E-state index >= 15 is 0 Å². The molecular weight excluding hydrogens is 284 g/mol. The number of hydrogen-bond acceptors (Lipinski definition) is 1. The average molecular weight is 288 g/mol. The molecule has 1 aromatic rings. The van der Waals surface area contributed by atoms with Crippen molar-refractivity contribution < 1.29 is 0 Å². The summed E-state index contributed by atoms with van der Waals surface area (Å²) in [5.41, 5.74) is 0.818. The second-order valence-corrected chi connectivity index (χ2v) is 3.63. The standard InChI is InChI=1S/C6H4Cl2IN/c7-3-5-1-4(9)2-6(8)10-5/h1-2H,3H2. The van der Waals surface area contributed by atoms with E-state index in [9.17, 15) is 0 Å². The van der Waals surface area contributed by atoms with Crippen LogP contribution in [-0.2, 0) is 5.88 Å². The molecule has 1 heterocycles. The minimum absolute atomic E-state index is 0.413. The highest BCUT2D eigenvalue weighted by Crippen LogP contribution is 2.13. The van der Waals surface area contributed by atoms with Gasteiger partial charge in [0.1, 0.15) is 5.15 Å². The van der Waals surface area contributed by atoms with Crippen LogP contribution in [0.3, 0.4) is 0 Å². The lowest BCUT2D eigenvalue weighted by atomic mass is 10.4. The van der Waals surface area contributed by atoms with Gasteiger partial charge in [0.25, 0.3) is 0 Å². The Labute approximate surface area is 82.9 Å². The highest BCUT2D eigenvalue weighted by molar-refractivity contribution is 14.1. The molecule has 1 rings (SSSR count). The Morgan fingerprint density at radius 2 is 2.20 bits per heavy atom. The molecule has 4 heteroatoms. The first-order valence-electron chi connectivity index (χ1n) is 2.60. The Balaban J connectivity index is 3.06. The van der Waals surface area contributed by atoms with Gasteiger partial charge in [-0.3, -0.25) is 0 Å². The highest BCUT2D eigenvalue weighted by Gasteiger charge is 1.96. The minimum atomic E-state index is 0.413. The molecule has 0 unspecified atom stereocenters. The third-order valence-electron chi connectivity index (χ3n) is 0.949. The molecule has 1 aromatic heterocycles. The van der Waals surface area contributed by atoms with Crippen LogP contribution in [0.15, 0.2) is 12.1 Å². The molecule has 0 radical (unpaired) electrons. The fraction of sp³-hybridized carbons (Fsp3) is 0.167. The van der Waals surface area contributed by atoms with E-state index in [-0.39, 0.29) is 0 Å². The first-order chi connectivity index (χ1) is 4.72. The number of pyridine rings is 1. The lowest BCUT2D eigenvalue weighted by Crippen LogP contribution is -1.86. The van der Waals surface area contributed by atoms with E-state index in [1.807, 2.05) is 6.07 Å². The zero-order valence-corrected chi connectivity index (χ0v) is 8.61. The molecule has 0 saturated heterocycles. The summed E-state index contributed by atoms with van der Waals surface area (Å²) in [5, 5.41) is 0.502. The number of aromatic nitrogens is 1. The summed E-state index contributed by atoms with van der Waals surface area (Å²) >= 11 is 13.4. The van der Waals surface area contributed by atoms with Gasteiger partial charge in [-0.2, -0.15) is 0 Å². The number of hydrogen-bond donors (Lipinski definition) is 0. The van der Waals surface area contributed by atoms with E-state index in [1.54, 1.807) is 6.07 Å². The summed E-state index contributed by atoms with van der Waals surface area (Å²) in [6.07, 6.45) is 0. The van der Waals surface area contributed by atoms with Gasteiger partial charge < -0.3 is 0 Å². The maximum Gasteiger partial charge on any atom is 0.130 e. The molecule has 0 fully saturated rings. The predicted octanol–water partition coefficient (Wildman–Crippen LogP) is 3.08. The molecule has 0 atom stereocenters. The Hall–Kier alpha value is 0.460. The molecule has 0 aliphatic rings. The van der Waals surface area contributed by atoms with E-state index < -0.39 is 0 Å². The summed E-state index contributed by atoms with van der Waals surface area (Å²) in [6, 6.07) is 3.69. The van der Waals surface area contributed by atoms with Crippen molar-refractivity contribution in [2.24, 2.45) is 0 Å². The summed E-state index contributed by atoms with van der Waals surface area (Å²) in [5.74, 6) is 0.413. The van der Waals surface area contributed by atoms with Crippen LogP contribution >= 0.6 is 45.8 Å². The van der Waals surface area contributed by atoms with Crippen LogP contribution in [0.5, 0.6) is 0 Å². The number of rotatable bonds is 1. The van der Waals surface area contributed by atoms with E-state index in [2.05, 4.69) is 27.6 Å². The van der Waals surface area contributed by atoms with Gasteiger partial charge in [0.15, 0.2) is 0 Å². The average Bonchev–Trinajstić information content (AvgIpc) is 1.85. The van der Waals surface area contributed by atoms with Crippen molar-refractivity contribution in [2.45, 2.75) is 5.88 Å². The number of nitrogens with zero attached hydrogens (tertiary/aromatic N) is 1. The minimum Gasteiger partial charge on any atom is -0.240 e. The van der Waals surface area contributed by atoms with Gasteiger partial charge in [0, 0.05) is 3.57 Å². The van der Waals surface area contributed by atoms with Gasteiger partial charge in [-0.05, 0) is 34.7 Å². The second kappa shape index (κ2) is 3.74. The first-order valence-corrected chi connectivity index (χ1v) is 4.59. The van der Waals surface area contributed by atoms with E-state index in [0.29, 0.717) is 11.0 Å². The maximum absolute atomic E-state index is 5.65. The largest absolute Gasteiger partial charge is 0.240 e. The zero-order valence-electron chi connectivity index (χ0n) is 4.94. The molecule has 54 valence electrons. The fourth-order valence-electron chi connectivity index (χ4n) is 0.585. The molecule has 1 nitrogen and oxygen atoms in total. The summed E-state index contributed by atoms with van der Waals surface area (Å²) in [7, 11) is 0. The molecule has 0 N–H and O–H groups in total. The lowest BCUT2D eigenvalue weighted by Gasteiger charge is -1.95. The molecule has 0 aliphatic heterocycles. The molecule has 0 saturated carbocycles. The van der Waals surface area contributed by atoms with Crippen LogP contribution in [0, 0.1) is 3.57 Å². The van der Waals surface area contributed by atoms with Crippen molar-refractivity contribution in [3.8, 4) is 0 Å². The Kier molecular flexibility index (Phi) is 3.20. The van der Waals surface area contributed by atoms with Crippen LogP contribution < -0.4 is 0 Å². The predicted molar refractivity (Wildman–Crippen MR) is 51.5 cm³/mol. The molecule has 0 aromatic carbocycles. The van der Waals surface area contributed by atoms with Crippen molar-refractivity contribution in [1.82, 2.24) is 4.98 Å². The van der Waals surface area contributed by atoms with Gasteiger partial charge in [0.05, 0.1) is 11.6 Å². The monoisotopic (exact) mass is 287 g/mol. The lowest BCUT2D eigenvalue weighted by molar-refractivity contribution is 1.16. The molecular formula is C6H4Cl2IN. The second-order valence-electron chi connectivity index (χ2n) is 1.73. The van der Waals surface area contributed by atoms with Crippen molar-refractivity contribution in [3.63, 3.8) is 0 Å². The molecule has 0 aliphatic carbocycles. The third kappa shape index (κ3) is 2.25. The van der Waals surface area contributed by atoms with Crippen LogP contribution in [0.1, 0.15) is 5.69 Å². The normalized spacial score (nSPS) is 9.90. The van der Waals surface area contributed by atoms with Crippen LogP contribution in [0.4, 0.5) is 0 Å². The summed E-state index contributed by atoms with van der Waals surface area (Å²) < 4.78 is 1.06. The number of halogens is 3. The summed E-state index contributed by atoms with van der Waals surface area (Å²) in [4.78, 5) is 3.98. The van der Waals surface area contributed by atoms with Gasteiger partial charge in [-0.1, -0.05) is 11.6 Å². The zero-order chi connectivity index (χ0) is 7.56. The van der Waals surface area contributed by atoms with Gasteiger partial charge in [-0.15, -0.1) is 11.6 Å². The maximum atomic E-state index is 5.65. The van der Waals surface area contributed by atoms with Crippen molar-refractivity contribution in [1.29, 1.82) is 0 Å². The van der Waals surface area contributed by atoms with E-state index in [4.69, 9.17) is 23.2 Å². The van der Waals surface area contributed by atoms with Crippen LogP contribution in [-0.4, -0.2) is 4.98 Å². The van der Waals surface area contributed by atoms with Gasteiger partial charge in [0.2, 0.25) is 0 Å². The topological polar surface area (TPSA) is 12.9 Å². The Morgan fingerprint density at radius 1 is 1.50 bits per heavy atom. The van der Waals surface area contributed by atoms with Crippen LogP contribution in [0.2, 0.25) is 5.15 Å². The smallest absolute Gasteiger partial charge is 0.130 e.